The van der Waals surface area contributed by atoms with Gasteiger partial charge in [-0.1, -0.05) is 23.4 Å². The first-order valence-corrected chi connectivity index (χ1v) is 8.79. The second kappa shape index (κ2) is 7.27. The molecular formula is C16H18ClN5OS. The van der Waals surface area contributed by atoms with Gasteiger partial charge in [-0.3, -0.25) is 4.79 Å². The molecule has 1 aromatic heterocycles. The average Bonchev–Trinajstić information content (AvgIpc) is 2.58. The molecule has 1 amide bonds. The predicted octanol–water partition coefficient (Wildman–Crippen LogP) is 2.53. The van der Waals surface area contributed by atoms with Crippen molar-refractivity contribution in [2.75, 3.05) is 36.8 Å². The van der Waals surface area contributed by atoms with Gasteiger partial charge in [0, 0.05) is 49.2 Å². The van der Waals surface area contributed by atoms with E-state index < -0.39 is 0 Å². The molecule has 0 radical (unpaired) electrons. The third-order valence-corrected chi connectivity index (χ3v) is 5.09. The van der Waals surface area contributed by atoms with Gasteiger partial charge in [0.25, 0.3) is 0 Å². The summed E-state index contributed by atoms with van der Waals surface area (Å²) in [4.78, 5) is 26.0. The minimum Gasteiger partial charge on any atom is -0.368 e. The molecule has 6 nitrogen and oxygen atoms in total. The Morgan fingerprint density at radius 1 is 1.21 bits per heavy atom. The summed E-state index contributed by atoms with van der Waals surface area (Å²) in [5, 5.41) is 0.702. The second-order valence-corrected chi connectivity index (χ2v) is 7.02. The lowest BCUT2D eigenvalue weighted by Crippen LogP contribution is -2.48. The largest absolute Gasteiger partial charge is 0.368 e. The Bertz CT molecular complexity index is 732. The van der Waals surface area contributed by atoms with Crippen molar-refractivity contribution in [3.8, 4) is 0 Å². The Morgan fingerprint density at radius 2 is 1.88 bits per heavy atom. The van der Waals surface area contributed by atoms with Crippen molar-refractivity contribution in [2.24, 2.45) is 0 Å². The number of piperazine rings is 1. The van der Waals surface area contributed by atoms with Crippen LogP contribution in [0.4, 0.5) is 11.8 Å². The van der Waals surface area contributed by atoms with Gasteiger partial charge in [0.2, 0.25) is 11.9 Å². The quantitative estimate of drug-likeness (QED) is 0.903. The van der Waals surface area contributed by atoms with Gasteiger partial charge >= 0.3 is 0 Å². The molecule has 1 aliphatic heterocycles. The number of anilines is 2. The van der Waals surface area contributed by atoms with Crippen molar-refractivity contribution < 1.29 is 4.79 Å². The Morgan fingerprint density at radius 3 is 2.50 bits per heavy atom. The van der Waals surface area contributed by atoms with Crippen LogP contribution in [0.3, 0.4) is 0 Å². The molecule has 0 unspecified atom stereocenters. The van der Waals surface area contributed by atoms with E-state index in [1.54, 1.807) is 24.9 Å². The van der Waals surface area contributed by atoms with Gasteiger partial charge in [-0.2, -0.15) is 4.98 Å². The first-order chi connectivity index (χ1) is 11.5. The van der Waals surface area contributed by atoms with Crippen LogP contribution in [-0.2, 0) is 4.79 Å². The molecule has 1 saturated heterocycles. The lowest BCUT2D eigenvalue weighted by Gasteiger charge is -2.35. The van der Waals surface area contributed by atoms with E-state index in [2.05, 4.69) is 14.9 Å². The van der Waals surface area contributed by atoms with Crippen LogP contribution in [0.25, 0.3) is 0 Å². The molecule has 2 heterocycles. The number of aromatic nitrogens is 2. The monoisotopic (exact) mass is 363 g/mol. The number of hydrogen-bond donors (Lipinski definition) is 1. The van der Waals surface area contributed by atoms with E-state index in [1.807, 2.05) is 29.2 Å². The molecule has 1 aliphatic rings. The number of nitrogen functional groups attached to an aromatic ring is 1. The van der Waals surface area contributed by atoms with Crippen molar-refractivity contribution in [3.63, 3.8) is 0 Å². The minimum absolute atomic E-state index is 0.104. The highest BCUT2D eigenvalue weighted by molar-refractivity contribution is 7.99. The van der Waals surface area contributed by atoms with Crippen molar-refractivity contribution in [1.29, 1.82) is 0 Å². The fourth-order valence-electron chi connectivity index (χ4n) is 2.54. The van der Waals surface area contributed by atoms with Gasteiger partial charge in [-0.25, -0.2) is 4.98 Å². The Balaban J connectivity index is 1.81. The molecule has 0 aliphatic carbocycles. The number of nitrogens with zero attached hydrogens (tertiary/aromatic N) is 4. The number of hydrogen-bond acceptors (Lipinski definition) is 6. The van der Waals surface area contributed by atoms with Crippen LogP contribution < -0.4 is 10.6 Å². The van der Waals surface area contributed by atoms with Crippen molar-refractivity contribution >= 4 is 41.0 Å². The van der Waals surface area contributed by atoms with E-state index in [1.165, 1.54) is 0 Å². The molecule has 2 aromatic rings. The van der Waals surface area contributed by atoms with Gasteiger partial charge in [-0.15, -0.1) is 0 Å². The maximum atomic E-state index is 11.5. The van der Waals surface area contributed by atoms with Gasteiger partial charge in [0.15, 0.2) is 0 Å². The zero-order chi connectivity index (χ0) is 17.1. The summed E-state index contributed by atoms with van der Waals surface area (Å²) in [5.74, 6) is 1.16. The molecule has 1 aromatic carbocycles. The van der Waals surface area contributed by atoms with Crippen LogP contribution in [0.1, 0.15) is 6.92 Å². The van der Waals surface area contributed by atoms with Crippen LogP contribution in [0, 0.1) is 0 Å². The number of halogens is 1. The highest BCUT2D eigenvalue weighted by Gasteiger charge is 2.22. The lowest BCUT2D eigenvalue weighted by atomic mass is 10.3. The smallest absolute Gasteiger partial charge is 0.222 e. The van der Waals surface area contributed by atoms with E-state index >= 15 is 0 Å². The molecule has 24 heavy (non-hydrogen) atoms. The molecule has 3 rings (SSSR count). The molecule has 0 saturated carbocycles. The maximum Gasteiger partial charge on any atom is 0.222 e. The summed E-state index contributed by atoms with van der Waals surface area (Å²) in [5.41, 5.74) is 5.78. The lowest BCUT2D eigenvalue weighted by molar-refractivity contribution is -0.129. The summed E-state index contributed by atoms with van der Waals surface area (Å²) < 4.78 is 0. The average molecular weight is 364 g/mol. The normalized spacial score (nSPS) is 14.8. The van der Waals surface area contributed by atoms with Gasteiger partial charge in [-0.05, 0) is 24.3 Å². The van der Waals surface area contributed by atoms with Crippen LogP contribution in [0.2, 0.25) is 5.02 Å². The van der Waals surface area contributed by atoms with Crippen LogP contribution in [0.15, 0.2) is 40.3 Å². The summed E-state index contributed by atoms with van der Waals surface area (Å²) >= 11 is 7.51. The Kier molecular flexibility index (Phi) is 5.11. The highest BCUT2D eigenvalue weighted by atomic mass is 35.5. The van der Waals surface area contributed by atoms with Crippen LogP contribution >= 0.6 is 23.4 Å². The van der Waals surface area contributed by atoms with Crippen molar-refractivity contribution in [2.45, 2.75) is 16.7 Å². The first kappa shape index (κ1) is 16.9. The second-order valence-electron chi connectivity index (χ2n) is 5.47. The van der Waals surface area contributed by atoms with E-state index in [-0.39, 0.29) is 11.9 Å². The number of amides is 1. The molecule has 8 heteroatoms. The molecule has 1 fully saturated rings. The third kappa shape index (κ3) is 3.91. The molecular weight excluding hydrogens is 346 g/mol. The SMILES string of the molecule is CC(=O)N1CCN(c2nc(N)ncc2Sc2ccc(Cl)cc2)CC1. The fourth-order valence-corrected chi connectivity index (χ4v) is 3.56. The van der Waals surface area contributed by atoms with E-state index in [0.29, 0.717) is 18.1 Å². The molecule has 0 atom stereocenters. The number of carbonyl (C=O) groups excluding carboxylic acids is 1. The predicted molar refractivity (Wildman–Crippen MR) is 96.5 cm³/mol. The molecule has 126 valence electrons. The number of nitrogens with two attached hydrogens (primary N) is 1. The van der Waals surface area contributed by atoms with E-state index in [9.17, 15) is 4.79 Å². The Labute approximate surface area is 150 Å². The highest BCUT2D eigenvalue weighted by Crippen LogP contribution is 2.35. The number of carbonyl (C=O) groups is 1. The summed E-state index contributed by atoms with van der Waals surface area (Å²) in [7, 11) is 0. The maximum absolute atomic E-state index is 11.5. The fraction of sp³-hybridized carbons (Fsp3) is 0.312. The minimum atomic E-state index is 0.104. The zero-order valence-electron chi connectivity index (χ0n) is 13.3. The van der Waals surface area contributed by atoms with Crippen molar-refractivity contribution in [1.82, 2.24) is 14.9 Å². The van der Waals surface area contributed by atoms with Gasteiger partial charge in [0.1, 0.15) is 5.82 Å². The standard InChI is InChI=1S/C16H18ClN5OS/c1-11(23)21-6-8-22(9-7-21)15-14(10-19-16(18)20-15)24-13-4-2-12(17)3-5-13/h2-5,10H,6-9H2,1H3,(H2,18,19,20). The summed E-state index contributed by atoms with van der Waals surface area (Å²) in [6, 6.07) is 7.63. The van der Waals surface area contributed by atoms with Gasteiger partial charge in [0.05, 0.1) is 4.90 Å². The topological polar surface area (TPSA) is 75.4 Å². The van der Waals surface area contributed by atoms with Crippen LogP contribution in [0.5, 0.6) is 0 Å². The van der Waals surface area contributed by atoms with Gasteiger partial charge < -0.3 is 15.5 Å². The van der Waals surface area contributed by atoms with Crippen molar-refractivity contribution in [3.05, 3.63) is 35.5 Å². The molecule has 0 spiro atoms. The molecule has 0 bridgehead atoms. The van der Waals surface area contributed by atoms with E-state index in [4.69, 9.17) is 17.3 Å². The third-order valence-electron chi connectivity index (χ3n) is 3.82. The molecule has 2 N–H and O–H groups in total. The van der Waals surface area contributed by atoms with E-state index in [0.717, 1.165) is 28.7 Å². The summed E-state index contributed by atoms with van der Waals surface area (Å²) in [6.07, 6.45) is 1.74. The number of rotatable bonds is 3. The van der Waals surface area contributed by atoms with Crippen LogP contribution in [-0.4, -0.2) is 47.0 Å². The summed E-state index contributed by atoms with van der Waals surface area (Å²) in [6.45, 7) is 4.42. The number of benzene rings is 1. The first-order valence-electron chi connectivity index (χ1n) is 7.59. The Hall–Kier alpha value is -1.99. The zero-order valence-corrected chi connectivity index (χ0v) is 14.8.